The van der Waals surface area contributed by atoms with E-state index in [9.17, 15) is 44.7 Å². The van der Waals surface area contributed by atoms with E-state index in [0.717, 1.165) is 13.0 Å². The molecule has 0 radical (unpaired) electrons. The number of rotatable bonds is 12. The fraction of sp³-hybridized carbons (Fsp3) is 0.400. The van der Waals surface area contributed by atoms with Gasteiger partial charge in [0.2, 0.25) is 0 Å². The maximum absolute atomic E-state index is 12.2. The van der Waals surface area contributed by atoms with E-state index in [1.807, 2.05) is 27.7 Å². The highest BCUT2D eigenvalue weighted by Gasteiger charge is 2.31. The molecule has 5 rings (SSSR count). The molecule has 4 aromatic rings. The molecule has 0 amide bonds. The van der Waals surface area contributed by atoms with Gasteiger partial charge in [-0.05, 0) is 111 Å². The Morgan fingerprint density at radius 3 is 1.59 bits per heavy atom. The standard InChI is InChI=1S/C20H24O7.C11H8O4.C9H16O3/c1-4-20(2,3)19(25)27-11-15(22)10-26-18(24)16-8-13-7-14(21)6-5-12(13)9-17(16)23;12-8-2-1-6-5-10(13)9(11(14)15)4-7(6)3-8;1-4-9(2,3)8(10)12-6-7-5-11-7/h5-9,15,21-23H,4,10-11H2,1-3H3;1-5,12-13H,(H,14,15);7H,4-6H2,1-3H3. The Hall–Kier alpha value is -5.60. The summed E-state index contributed by atoms with van der Waals surface area (Å²) in [7, 11) is 0. The summed E-state index contributed by atoms with van der Waals surface area (Å²) in [5.41, 5.74) is -1.27. The quantitative estimate of drug-likeness (QED) is 0.0549. The van der Waals surface area contributed by atoms with Crippen LogP contribution in [0.2, 0.25) is 0 Å². The van der Waals surface area contributed by atoms with Gasteiger partial charge in [0.15, 0.2) is 0 Å². The van der Waals surface area contributed by atoms with Gasteiger partial charge in [-0.1, -0.05) is 26.0 Å². The second kappa shape index (κ2) is 18.4. The number of hydrogen-bond donors (Lipinski definition) is 6. The van der Waals surface area contributed by atoms with E-state index in [2.05, 4.69) is 0 Å². The fourth-order valence-corrected chi connectivity index (χ4v) is 4.36. The first-order valence-electron chi connectivity index (χ1n) is 17.2. The molecule has 14 heteroatoms. The number of aromatic hydroxyl groups is 4. The van der Waals surface area contributed by atoms with Crippen molar-refractivity contribution in [2.75, 3.05) is 26.4 Å². The van der Waals surface area contributed by atoms with Gasteiger partial charge in [-0.3, -0.25) is 9.59 Å². The number of carboxylic acid groups (broad SMARTS) is 1. The van der Waals surface area contributed by atoms with Crippen LogP contribution in [0.5, 0.6) is 23.0 Å². The first-order chi connectivity index (χ1) is 25.3. The average Bonchev–Trinajstić information content (AvgIpc) is 3.96. The highest BCUT2D eigenvalue weighted by Crippen LogP contribution is 2.29. The third-order valence-corrected chi connectivity index (χ3v) is 8.82. The monoisotopic (exact) mass is 752 g/mol. The summed E-state index contributed by atoms with van der Waals surface area (Å²) in [5, 5.41) is 59.2. The third-order valence-electron chi connectivity index (χ3n) is 8.82. The molecule has 1 aliphatic rings. The van der Waals surface area contributed by atoms with Crippen LogP contribution in [0.1, 0.15) is 75.1 Å². The van der Waals surface area contributed by atoms with E-state index in [-0.39, 0.29) is 58.2 Å². The van der Waals surface area contributed by atoms with Crippen molar-refractivity contribution in [3.05, 3.63) is 71.8 Å². The Bertz CT molecular complexity index is 1960. The zero-order valence-electron chi connectivity index (χ0n) is 31.1. The number of phenolic OH excluding ortho intramolecular Hbond substituents is 3. The Balaban J connectivity index is 0.000000243. The number of epoxide rings is 1. The smallest absolute Gasteiger partial charge is 0.342 e. The molecule has 1 aliphatic heterocycles. The van der Waals surface area contributed by atoms with E-state index in [1.54, 1.807) is 26.0 Å². The van der Waals surface area contributed by atoms with E-state index in [1.165, 1.54) is 48.5 Å². The number of benzene rings is 4. The second-order valence-electron chi connectivity index (χ2n) is 14.0. The number of carbonyl (C=O) groups is 4. The summed E-state index contributed by atoms with van der Waals surface area (Å²) in [4.78, 5) is 46.1. The lowest BCUT2D eigenvalue weighted by atomic mass is 9.91. The topological polar surface area (TPSA) is 230 Å². The van der Waals surface area contributed by atoms with E-state index >= 15 is 0 Å². The number of ether oxygens (including phenoxy) is 4. The maximum Gasteiger partial charge on any atom is 0.342 e. The predicted octanol–water partition coefficient (Wildman–Crippen LogP) is 6.06. The van der Waals surface area contributed by atoms with Crippen LogP contribution in [0.25, 0.3) is 21.5 Å². The van der Waals surface area contributed by atoms with Crippen molar-refractivity contribution in [3.8, 4) is 23.0 Å². The van der Waals surface area contributed by atoms with Crippen molar-refractivity contribution in [2.45, 2.75) is 66.6 Å². The van der Waals surface area contributed by atoms with Crippen molar-refractivity contribution in [3.63, 3.8) is 0 Å². The fourth-order valence-electron chi connectivity index (χ4n) is 4.36. The number of aliphatic hydroxyl groups excluding tert-OH is 1. The molecule has 0 aromatic heterocycles. The molecule has 0 aliphatic carbocycles. The maximum atomic E-state index is 12.2. The Morgan fingerprint density at radius 2 is 1.13 bits per heavy atom. The highest BCUT2D eigenvalue weighted by atomic mass is 16.6. The third kappa shape index (κ3) is 12.2. The van der Waals surface area contributed by atoms with Crippen molar-refractivity contribution in [1.82, 2.24) is 0 Å². The molecule has 292 valence electrons. The molecule has 6 N–H and O–H groups in total. The molecule has 2 unspecified atom stereocenters. The lowest BCUT2D eigenvalue weighted by Crippen LogP contribution is -2.31. The minimum Gasteiger partial charge on any atom is -0.508 e. The SMILES string of the molecule is CCC(C)(C)C(=O)OCC(O)COC(=O)c1cc2cc(O)ccc2cc1O.CCC(C)(C)C(=O)OCC1CO1.O=C(O)c1cc2cc(O)ccc2cc1O. The van der Waals surface area contributed by atoms with Crippen LogP contribution in [0.3, 0.4) is 0 Å². The first kappa shape index (κ1) is 42.8. The minimum atomic E-state index is -1.20. The largest absolute Gasteiger partial charge is 0.508 e. The van der Waals surface area contributed by atoms with E-state index in [0.29, 0.717) is 34.6 Å². The summed E-state index contributed by atoms with van der Waals surface area (Å²) in [6, 6.07) is 14.5. The van der Waals surface area contributed by atoms with Gasteiger partial charge in [-0.15, -0.1) is 0 Å². The number of hydrogen-bond acceptors (Lipinski definition) is 13. The number of aliphatic hydroxyl groups is 1. The zero-order valence-corrected chi connectivity index (χ0v) is 31.1. The van der Waals surface area contributed by atoms with Crippen molar-refractivity contribution in [1.29, 1.82) is 0 Å². The van der Waals surface area contributed by atoms with Crippen LogP contribution in [0.4, 0.5) is 0 Å². The summed E-state index contributed by atoms with van der Waals surface area (Å²) in [5.74, 6) is -3.06. The van der Waals surface area contributed by atoms with Gasteiger partial charge < -0.3 is 49.6 Å². The molecule has 4 aromatic carbocycles. The number of carboxylic acids is 1. The van der Waals surface area contributed by atoms with Gasteiger partial charge in [0.1, 0.15) is 66.2 Å². The van der Waals surface area contributed by atoms with Crippen molar-refractivity contribution < 1.29 is 68.8 Å². The molecule has 14 nitrogen and oxygen atoms in total. The van der Waals surface area contributed by atoms with Gasteiger partial charge in [0.25, 0.3) is 0 Å². The molecule has 1 heterocycles. The van der Waals surface area contributed by atoms with Crippen LogP contribution in [0, 0.1) is 10.8 Å². The highest BCUT2D eigenvalue weighted by molar-refractivity contribution is 5.99. The summed E-state index contributed by atoms with van der Waals surface area (Å²) in [6.07, 6.45) is 0.379. The Morgan fingerprint density at radius 1 is 0.685 bits per heavy atom. The van der Waals surface area contributed by atoms with Gasteiger partial charge in [0.05, 0.1) is 17.4 Å². The van der Waals surface area contributed by atoms with E-state index in [4.69, 9.17) is 24.1 Å². The number of aromatic carboxylic acids is 1. The number of carbonyl (C=O) groups excluding carboxylic acids is 3. The van der Waals surface area contributed by atoms with Gasteiger partial charge >= 0.3 is 23.9 Å². The molecule has 1 fully saturated rings. The molecule has 54 heavy (non-hydrogen) atoms. The van der Waals surface area contributed by atoms with Gasteiger partial charge in [-0.2, -0.15) is 0 Å². The second-order valence-corrected chi connectivity index (χ2v) is 14.0. The van der Waals surface area contributed by atoms with Crippen LogP contribution >= 0.6 is 0 Å². The molecule has 0 bridgehead atoms. The lowest BCUT2D eigenvalue weighted by Gasteiger charge is -2.21. The number of esters is 3. The molecule has 0 saturated carbocycles. The molecular weight excluding hydrogens is 704 g/mol. The summed E-state index contributed by atoms with van der Waals surface area (Å²) >= 11 is 0. The van der Waals surface area contributed by atoms with Crippen molar-refractivity contribution >= 4 is 45.4 Å². The zero-order chi connectivity index (χ0) is 40.4. The summed E-state index contributed by atoms with van der Waals surface area (Å²) < 4.78 is 20.0. The molecule has 1 saturated heterocycles. The molecular formula is C40H48O14. The molecule has 0 spiro atoms. The summed E-state index contributed by atoms with van der Waals surface area (Å²) in [6.45, 7) is 11.6. The van der Waals surface area contributed by atoms with Crippen LogP contribution in [-0.2, 0) is 28.5 Å². The number of fused-ring (bicyclic) bond motifs is 2. The Kier molecular flexibility index (Phi) is 14.6. The van der Waals surface area contributed by atoms with Gasteiger partial charge in [-0.25, -0.2) is 9.59 Å². The number of phenols is 4. The van der Waals surface area contributed by atoms with Crippen LogP contribution in [-0.4, -0.2) is 93.2 Å². The van der Waals surface area contributed by atoms with Crippen molar-refractivity contribution in [2.24, 2.45) is 10.8 Å². The lowest BCUT2D eigenvalue weighted by molar-refractivity contribution is -0.157. The van der Waals surface area contributed by atoms with Crippen LogP contribution < -0.4 is 0 Å². The first-order valence-corrected chi connectivity index (χ1v) is 17.2. The average molecular weight is 753 g/mol. The predicted molar refractivity (Wildman–Crippen MR) is 198 cm³/mol. The minimum absolute atomic E-state index is 0.0275. The van der Waals surface area contributed by atoms with Gasteiger partial charge in [0, 0.05) is 0 Å². The van der Waals surface area contributed by atoms with Crippen LogP contribution in [0.15, 0.2) is 60.7 Å². The normalized spacial score (nSPS) is 14.1. The Labute approximate surface area is 312 Å². The molecule has 2 atom stereocenters. The van der Waals surface area contributed by atoms with E-state index < -0.39 is 36.0 Å².